The molecular formula is C16H23ClN2S. The zero-order valence-electron chi connectivity index (χ0n) is 12.0. The number of aromatic amines is 1. The number of benzene rings is 1. The van der Waals surface area contributed by atoms with Crippen LogP contribution in [0, 0.1) is 6.92 Å². The van der Waals surface area contributed by atoms with Crippen LogP contribution in [0.2, 0.25) is 0 Å². The highest BCUT2D eigenvalue weighted by molar-refractivity contribution is 7.98. The Morgan fingerprint density at radius 2 is 1.90 bits per heavy atom. The van der Waals surface area contributed by atoms with Crippen LogP contribution in [-0.4, -0.2) is 15.7 Å². The third-order valence-electron chi connectivity index (χ3n) is 3.27. The lowest BCUT2D eigenvalue weighted by Gasteiger charge is -2.02. The van der Waals surface area contributed by atoms with Gasteiger partial charge < -0.3 is 4.98 Å². The normalized spacial score (nSPS) is 10.2. The fraction of sp³-hybridized carbons (Fsp3) is 0.438. The predicted octanol–water partition coefficient (Wildman–Crippen LogP) is 4.79. The minimum Gasteiger partial charge on any atom is -0.348 e. The molecule has 4 heteroatoms. The predicted molar refractivity (Wildman–Crippen MR) is 90.7 cm³/mol. The average molecular weight is 311 g/mol. The Kier molecular flexibility index (Phi) is 8.47. The largest absolute Gasteiger partial charge is 0.348 e. The van der Waals surface area contributed by atoms with E-state index in [0.29, 0.717) is 0 Å². The van der Waals surface area contributed by atoms with Gasteiger partial charge in [0.15, 0.2) is 0 Å². The molecule has 2 aromatic rings. The molecule has 0 aliphatic heterocycles. The van der Waals surface area contributed by atoms with E-state index < -0.39 is 0 Å². The number of H-pyrrole nitrogens is 1. The van der Waals surface area contributed by atoms with Crippen molar-refractivity contribution in [3.05, 3.63) is 53.6 Å². The van der Waals surface area contributed by atoms with Gasteiger partial charge in [0.1, 0.15) is 0 Å². The number of halogens is 1. The minimum absolute atomic E-state index is 0. The molecule has 0 aliphatic rings. The number of imidazole rings is 1. The summed E-state index contributed by atoms with van der Waals surface area (Å²) in [5.74, 6) is 2.27. The molecule has 0 amide bonds. The molecule has 0 atom stereocenters. The Morgan fingerprint density at radius 1 is 1.10 bits per heavy atom. The van der Waals surface area contributed by atoms with Gasteiger partial charge in [-0.2, -0.15) is 11.8 Å². The summed E-state index contributed by atoms with van der Waals surface area (Å²) in [6, 6.07) is 10.8. The van der Waals surface area contributed by atoms with Gasteiger partial charge in [-0.3, -0.25) is 0 Å². The summed E-state index contributed by atoms with van der Waals surface area (Å²) in [6.07, 6.45) is 6.92. The summed E-state index contributed by atoms with van der Waals surface area (Å²) in [5.41, 5.74) is 3.87. The number of rotatable bonds is 8. The molecule has 0 spiro atoms. The SMILES string of the molecule is Cc1[nH]cnc1CSCCCCCc1ccccc1.Cl. The molecule has 2 nitrogen and oxygen atoms in total. The van der Waals surface area contributed by atoms with E-state index in [1.54, 1.807) is 6.33 Å². The second-order valence-electron chi connectivity index (χ2n) is 4.82. The number of hydrogen-bond acceptors (Lipinski definition) is 2. The van der Waals surface area contributed by atoms with Crippen LogP contribution in [0.5, 0.6) is 0 Å². The Morgan fingerprint density at radius 3 is 2.60 bits per heavy atom. The van der Waals surface area contributed by atoms with Gasteiger partial charge in [-0.15, -0.1) is 12.4 Å². The van der Waals surface area contributed by atoms with Crippen LogP contribution >= 0.6 is 24.2 Å². The number of unbranched alkanes of at least 4 members (excludes halogenated alkanes) is 2. The van der Waals surface area contributed by atoms with Gasteiger partial charge in [0.25, 0.3) is 0 Å². The quantitative estimate of drug-likeness (QED) is 0.710. The molecular weight excluding hydrogens is 288 g/mol. The van der Waals surface area contributed by atoms with Crippen molar-refractivity contribution in [1.29, 1.82) is 0 Å². The molecule has 110 valence electrons. The lowest BCUT2D eigenvalue weighted by Crippen LogP contribution is -1.89. The van der Waals surface area contributed by atoms with Crippen molar-refractivity contribution in [1.82, 2.24) is 9.97 Å². The van der Waals surface area contributed by atoms with Crippen LogP contribution < -0.4 is 0 Å². The van der Waals surface area contributed by atoms with E-state index in [2.05, 4.69) is 47.2 Å². The van der Waals surface area contributed by atoms with E-state index in [9.17, 15) is 0 Å². The Bertz CT molecular complexity index is 470. The third kappa shape index (κ3) is 6.02. The summed E-state index contributed by atoms with van der Waals surface area (Å²) < 4.78 is 0. The molecule has 0 fully saturated rings. The van der Waals surface area contributed by atoms with Crippen LogP contribution in [0.25, 0.3) is 0 Å². The molecule has 0 bridgehead atoms. The first kappa shape index (κ1) is 17.1. The topological polar surface area (TPSA) is 28.7 Å². The van der Waals surface area contributed by atoms with Crippen molar-refractivity contribution in [2.24, 2.45) is 0 Å². The lowest BCUT2D eigenvalue weighted by molar-refractivity contribution is 0.722. The maximum Gasteiger partial charge on any atom is 0.0925 e. The molecule has 1 N–H and O–H groups in total. The monoisotopic (exact) mass is 310 g/mol. The summed E-state index contributed by atoms with van der Waals surface area (Å²) in [7, 11) is 0. The van der Waals surface area contributed by atoms with E-state index in [1.165, 1.54) is 48.4 Å². The van der Waals surface area contributed by atoms with Gasteiger partial charge in [0.2, 0.25) is 0 Å². The van der Waals surface area contributed by atoms with Gasteiger partial charge in [-0.25, -0.2) is 4.98 Å². The molecule has 0 unspecified atom stereocenters. The zero-order valence-corrected chi connectivity index (χ0v) is 13.6. The maximum atomic E-state index is 4.31. The highest BCUT2D eigenvalue weighted by Gasteiger charge is 2.00. The Hall–Kier alpha value is -0.930. The summed E-state index contributed by atoms with van der Waals surface area (Å²) in [4.78, 5) is 7.44. The molecule has 0 saturated heterocycles. The number of hydrogen-bond donors (Lipinski definition) is 1. The number of thioether (sulfide) groups is 1. The molecule has 1 aromatic carbocycles. The van der Waals surface area contributed by atoms with E-state index in [-0.39, 0.29) is 12.4 Å². The van der Waals surface area contributed by atoms with Gasteiger partial charge >= 0.3 is 0 Å². The van der Waals surface area contributed by atoms with Gasteiger partial charge in [-0.05, 0) is 37.5 Å². The second-order valence-corrected chi connectivity index (χ2v) is 5.93. The van der Waals surface area contributed by atoms with Crippen LogP contribution in [0.4, 0.5) is 0 Å². The maximum absolute atomic E-state index is 4.31. The number of aryl methyl sites for hydroxylation is 2. The van der Waals surface area contributed by atoms with Crippen molar-refractivity contribution < 1.29 is 0 Å². The highest BCUT2D eigenvalue weighted by atomic mass is 35.5. The van der Waals surface area contributed by atoms with Crippen LogP contribution in [0.15, 0.2) is 36.7 Å². The van der Waals surface area contributed by atoms with E-state index in [0.717, 1.165) is 5.75 Å². The van der Waals surface area contributed by atoms with Crippen molar-refractivity contribution in [3.63, 3.8) is 0 Å². The summed E-state index contributed by atoms with van der Waals surface area (Å²) in [6.45, 7) is 2.09. The summed E-state index contributed by atoms with van der Waals surface area (Å²) >= 11 is 1.99. The van der Waals surface area contributed by atoms with Crippen LogP contribution in [0.1, 0.15) is 36.2 Å². The first-order chi connectivity index (χ1) is 9.36. The number of nitrogens with one attached hydrogen (secondary N) is 1. The smallest absolute Gasteiger partial charge is 0.0925 e. The fourth-order valence-corrected chi connectivity index (χ4v) is 3.09. The van der Waals surface area contributed by atoms with Crippen molar-refractivity contribution in [2.45, 2.75) is 38.4 Å². The van der Waals surface area contributed by atoms with E-state index in [4.69, 9.17) is 0 Å². The Labute approximate surface area is 132 Å². The van der Waals surface area contributed by atoms with Crippen molar-refractivity contribution in [2.75, 3.05) is 5.75 Å². The van der Waals surface area contributed by atoms with Gasteiger partial charge in [-0.1, -0.05) is 36.8 Å². The highest BCUT2D eigenvalue weighted by Crippen LogP contribution is 2.15. The summed E-state index contributed by atoms with van der Waals surface area (Å²) in [5, 5.41) is 0. The van der Waals surface area contributed by atoms with E-state index in [1.807, 2.05) is 11.8 Å². The second kappa shape index (κ2) is 9.89. The average Bonchev–Trinajstić information content (AvgIpc) is 2.84. The zero-order chi connectivity index (χ0) is 13.3. The van der Waals surface area contributed by atoms with Crippen molar-refractivity contribution >= 4 is 24.2 Å². The first-order valence-corrected chi connectivity index (χ1v) is 8.12. The number of aromatic nitrogens is 2. The van der Waals surface area contributed by atoms with E-state index >= 15 is 0 Å². The van der Waals surface area contributed by atoms with Crippen LogP contribution in [-0.2, 0) is 12.2 Å². The van der Waals surface area contributed by atoms with Gasteiger partial charge in [0, 0.05) is 11.4 Å². The molecule has 1 aromatic heterocycles. The number of nitrogens with zero attached hydrogens (tertiary/aromatic N) is 1. The van der Waals surface area contributed by atoms with Crippen molar-refractivity contribution in [3.8, 4) is 0 Å². The van der Waals surface area contributed by atoms with Crippen LogP contribution in [0.3, 0.4) is 0 Å². The molecule has 0 radical (unpaired) electrons. The Balaban J connectivity index is 0.00000200. The first-order valence-electron chi connectivity index (χ1n) is 6.97. The van der Waals surface area contributed by atoms with Gasteiger partial charge in [0.05, 0.1) is 12.0 Å². The molecule has 0 saturated carbocycles. The lowest BCUT2D eigenvalue weighted by atomic mass is 10.1. The molecule has 0 aliphatic carbocycles. The third-order valence-corrected chi connectivity index (χ3v) is 4.32. The molecule has 20 heavy (non-hydrogen) atoms. The standard InChI is InChI=1S/C16H22N2S.ClH/c1-14-16(18-13-17-14)12-19-11-7-3-6-10-15-8-4-2-5-9-15;/h2,4-5,8-9,13H,3,6-7,10-12H2,1H3,(H,17,18);1H. The minimum atomic E-state index is 0. The molecule has 1 heterocycles. The fourth-order valence-electron chi connectivity index (χ4n) is 2.06. The molecule has 2 rings (SSSR count).